The number of alkyl halides is 3. The number of pyridine rings is 1. The summed E-state index contributed by atoms with van der Waals surface area (Å²) in [6.07, 6.45) is -5.37. The third-order valence-corrected chi connectivity index (χ3v) is 5.42. The fraction of sp³-hybridized carbons (Fsp3) is 0.222. The van der Waals surface area contributed by atoms with E-state index in [0.29, 0.717) is 0 Å². The second-order valence-electron chi connectivity index (χ2n) is 6.49. The van der Waals surface area contributed by atoms with Crippen LogP contribution in [-0.2, 0) is 10.1 Å². The molecule has 1 unspecified atom stereocenters. The van der Waals surface area contributed by atoms with Crippen LogP contribution in [0.1, 0.15) is 28.1 Å². The molecule has 1 aromatic carbocycles. The van der Waals surface area contributed by atoms with Crippen LogP contribution < -0.4 is 16.2 Å². The molecule has 2 heterocycles. The molecule has 1 atom stereocenters. The molecule has 0 saturated carbocycles. The van der Waals surface area contributed by atoms with Gasteiger partial charge >= 0.3 is 6.18 Å². The molecule has 1 amide bonds. The Morgan fingerprint density at radius 2 is 1.88 bits per heavy atom. The van der Waals surface area contributed by atoms with E-state index < -0.39 is 38.6 Å². The lowest BCUT2D eigenvalue weighted by molar-refractivity contribution is -0.132. The summed E-state index contributed by atoms with van der Waals surface area (Å²) in [4.78, 5) is 23.7. The number of carbonyl (C=O) groups is 1. The molecule has 10 nitrogen and oxygen atoms in total. The normalized spacial score (nSPS) is 13.2. The molecule has 0 aliphatic carbocycles. The van der Waals surface area contributed by atoms with Gasteiger partial charge < -0.3 is 16.2 Å². The van der Waals surface area contributed by atoms with Crippen LogP contribution >= 0.6 is 0 Å². The van der Waals surface area contributed by atoms with Crippen LogP contribution in [-0.4, -0.2) is 46.6 Å². The van der Waals surface area contributed by atoms with Gasteiger partial charge in [-0.1, -0.05) is 6.07 Å². The van der Waals surface area contributed by atoms with Crippen LogP contribution in [0.4, 0.5) is 19.1 Å². The molecule has 14 heteroatoms. The molecule has 0 spiro atoms. The van der Waals surface area contributed by atoms with Crippen LogP contribution in [0.3, 0.4) is 0 Å². The number of halogens is 3. The highest BCUT2D eigenvalue weighted by atomic mass is 32.2. The highest BCUT2D eigenvalue weighted by Gasteiger charge is 2.50. The van der Waals surface area contributed by atoms with Gasteiger partial charge in [-0.05, 0) is 36.8 Å². The Labute approximate surface area is 179 Å². The van der Waals surface area contributed by atoms with E-state index in [9.17, 15) is 30.9 Å². The molecule has 3 rings (SSSR count). The maximum atomic E-state index is 13.6. The number of ether oxygens (including phenoxy) is 1. The number of rotatable bonds is 6. The summed E-state index contributed by atoms with van der Waals surface area (Å²) in [5.74, 6) is -1.15. The number of hydrogen-bond donors (Lipinski definition) is 3. The number of amides is 1. The van der Waals surface area contributed by atoms with Crippen molar-refractivity contribution >= 4 is 33.0 Å². The summed E-state index contributed by atoms with van der Waals surface area (Å²) in [5.41, 5.74) is 9.44. The summed E-state index contributed by atoms with van der Waals surface area (Å²) in [7, 11) is -5.64. The maximum Gasteiger partial charge on any atom is 0.411 e. The molecular formula is C18H16F3N5O5S. The fourth-order valence-corrected chi connectivity index (χ4v) is 3.92. The fourth-order valence-electron chi connectivity index (χ4n) is 3.06. The zero-order valence-electron chi connectivity index (χ0n) is 16.3. The van der Waals surface area contributed by atoms with Gasteiger partial charge in [-0.2, -0.15) is 26.6 Å². The number of nitrogen functional groups attached to an aromatic ring is 1. The van der Waals surface area contributed by atoms with Crippen molar-refractivity contribution in [3.63, 3.8) is 0 Å². The summed E-state index contributed by atoms with van der Waals surface area (Å²) in [6.45, 7) is 1.82. The van der Waals surface area contributed by atoms with E-state index in [1.165, 1.54) is 12.1 Å². The highest BCUT2D eigenvalue weighted by Crippen LogP contribution is 2.43. The number of primary amides is 1. The summed E-state index contributed by atoms with van der Waals surface area (Å²) in [6, 6.07) is 5.21. The number of aromatic nitrogens is 3. The molecule has 0 aliphatic heterocycles. The van der Waals surface area contributed by atoms with E-state index in [-0.39, 0.29) is 40.7 Å². The lowest BCUT2D eigenvalue weighted by Gasteiger charge is -2.21. The first-order valence-corrected chi connectivity index (χ1v) is 10.4. The number of fused-ring (bicyclic) bond motifs is 1. The van der Waals surface area contributed by atoms with Crippen molar-refractivity contribution in [2.24, 2.45) is 5.73 Å². The third kappa shape index (κ3) is 4.55. The lowest BCUT2D eigenvalue weighted by Crippen LogP contribution is -2.29. The zero-order chi connectivity index (χ0) is 23.8. The molecule has 2 aromatic heterocycles. The minimum atomic E-state index is -5.64. The number of carbonyl (C=O) groups excluding carboxylic acids is 1. The Balaban J connectivity index is 2.36. The van der Waals surface area contributed by atoms with Crippen LogP contribution in [0.2, 0.25) is 0 Å². The monoisotopic (exact) mass is 471 g/mol. The van der Waals surface area contributed by atoms with Crippen molar-refractivity contribution in [3.8, 4) is 17.1 Å². The quantitative estimate of drug-likeness (QED) is 0.456. The van der Waals surface area contributed by atoms with Crippen LogP contribution in [0.25, 0.3) is 22.3 Å². The summed E-state index contributed by atoms with van der Waals surface area (Å²) in [5, 5.41) is -3.29. The lowest BCUT2D eigenvalue weighted by atomic mass is 9.97. The van der Waals surface area contributed by atoms with Crippen molar-refractivity contribution in [2.75, 3.05) is 12.3 Å². The Morgan fingerprint density at radius 1 is 1.19 bits per heavy atom. The predicted molar refractivity (Wildman–Crippen MR) is 107 cm³/mol. The van der Waals surface area contributed by atoms with Gasteiger partial charge in [0.05, 0.1) is 17.8 Å². The first-order valence-electron chi connectivity index (χ1n) is 8.87. The SMILES string of the molecule is CCOc1nc(N)nc2ccc(-c3cc(C(N)=O)ccc3C(C(F)(F)F)S(=O)(=O)O)nc12. The van der Waals surface area contributed by atoms with Crippen molar-refractivity contribution in [1.29, 1.82) is 0 Å². The standard InChI is InChI=1S/C18H16F3N5O5S/c1-2-31-16-13-12(25-17(23)26-16)6-5-11(24-13)10-7-8(15(22)27)3-4-9(10)14(18(19,20)21)32(28,29)30/h3-7,14H,2H2,1H3,(H2,22,27)(H2,23,25,26)(H,28,29,30). The Bertz CT molecular complexity index is 1310. The van der Waals surface area contributed by atoms with E-state index in [1.807, 2.05) is 0 Å². The van der Waals surface area contributed by atoms with Crippen LogP contribution in [0.5, 0.6) is 5.88 Å². The summed E-state index contributed by atoms with van der Waals surface area (Å²) < 4.78 is 78.8. The van der Waals surface area contributed by atoms with Gasteiger partial charge in [-0.15, -0.1) is 0 Å². The van der Waals surface area contributed by atoms with Gasteiger partial charge in [-0.25, -0.2) is 9.97 Å². The van der Waals surface area contributed by atoms with Gasteiger partial charge in [0.25, 0.3) is 10.1 Å². The molecule has 5 N–H and O–H groups in total. The van der Waals surface area contributed by atoms with E-state index in [4.69, 9.17) is 16.2 Å². The van der Waals surface area contributed by atoms with Gasteiger partial charge in [0, 0.05) is 11.1 Å². The second kappa shape index (κ2) is 8.20. The van der Waals surface area contributed by atoms with E-state index in [1.54, 1.807) is 6.92 Å². The van der Waals surface area contributed by atoms with Crippen molar-refractivity contribution in [3.05, 3.63) is 41.5 Å². The van der Waals surface area contributed by atoms with Gasteiger partial charge in [-0.3, -0.25) is 9.35 Å². The Hall–Kier alpha value is -3.52. The first-order chi connectivity index (χ1) is 14.8. The topological polar surface area (TPSA) is 171 Å². The van der Waals surface area contributed by atoms with E-state index in [2.05, 4.69) is 15.0 Å². The van der Waals surface area contributed by atoms with Crippen LogP contribution in [0, 0.1) is 0 Å². The molecule has 3 aromatic rings. The predicted octanol–water partition coefficient (Wildman–Crippen LogP) is 2.26. The Morgan fingerprint density at radius 3 is 2.44 bits per heavy atom. The van der Waals surface area contributed by atoms with Crippen molar-refractivity contribution < 1.29 is 35.7 Å². The molecule has 32 heavy (non-hydrogen) atoms. The number of hydrogen-bond acceptors (Lipinski definition) is 8. The minimum Gasteiger partial charge on any atom is -0.476 e. The second-order valence-corrected chi connectivity index (χ2v) is 7.99. The van der Waals surface area contributed by atoms with Crippen molar-refractivity contribution in [1.82, 2.24) is 15.0 Å². The molecule has 0 radical (unpaired) electrons. The number of nitrogens with zero attached hydrogens (tertiary/aromatic N) is 3. The molecule has 0 saturated heterocycles. The van der Waals surface area contributed by atoms with Gasteiger partial charge in [0.2, 0.25) is 23.0 Å². The molecular weight excluding hydrogens is 455 g/mol. The molecule has 170 valence electrons. The van der Waals surface area contributed by atoms with Gasteiger partial charge in [0.15, 0.2) is 5.52 Å². The first kappa shape index (κ1) is 23.1. The van der Waals surface area contributed by atoms with Gasteiger partial charge in [0.1, 0.15) is 0 Å². The number of anilines is 1. The average molecular weight is 471 g/mol. The van der Waals surface area contributed by atoms with E-state index in [0.717, 1.165) is 18.2 Å². The van der Waals surface area contributed by atoms with Crippen LogP contribution in [0.15, 0.2) is 30.3 Å². The Kier molecular flexibility index (Phi) is 5.93. The maximum absolute atomic E-state index is 13.6. The van der Waals surface area contributed by atoms with E-state index >= 15 is 0 Å². The third-order valence-electron chi connectivity index (χ3n) is 4.30. The molecule has 0 bridgehead atoms. The number of nitrogens with two attached hydrogens (primary N) is 2. The largest absolute Gasteiger partial charge is 0.476 e. The van der Waals surface area contributed by atoms with Crippen molar-refractivity contribution in [2.45, 2.75) is 18.3 Å². The molecule has 0 fully saturated rings. The molecule has 0 aliphatic rings. The smallest absolute Gasteiger partial charge is 0.411 e. The zero-order valence-corrected chi connectivity index (χ0v) is 17.1. The minimum absolute atomic E-state index is 0.0318. The average Bonchev–Trinajstić information content (AvgIpc) is 2.66. The summed E-state index contributed by atoms with van der Waals surface area (Å²) >= 11 is 0. The highest BCUT2D eigenvalue weighted by molar-refractivity contribution is 7.86. The number of benzene rings is 1.